The first-order chi connectivity index (χ1) is 16.5. The topological polar surface area (TPSA) is 101 Å². The van der Waals surface area contributed by atoms with Crippen LogP contribution in [0.5, 0.6) is 11.5 Å². The first-order valence-corrected chi connectivity index (χ1v) is 10.7. The van der Waals surface area contributed by atoms with Gasteiger partial charge in [-0.25, -0.2) is 0 Å². The van der Waals surface area contributed by atoms with Gasteiger partial charge in [-0.05, 0) is 42.3 Å². The summed E-state index contributed by atoms with van der Waals surface area (Å²) < 4.78 is 11.7. The van der Waals surface area contributed by atoms with Gasteiger partial charge in [-0.2, -0.15) is 5.26 Å². The number of aryl methyl sites for hydroxylation is 1. The summed E-state index contributed by atoms with van der Waals surface area (Å²) in [4.78, 5) is 15.8. The Bertz CT molecular complexity index is 1150. The van der Waals surface area contributed by atoms with E-state index in [1.54, 1.807) is 24.3 Å². The Balaban J connectivity index is 1.53. The Morgan fingerprint density at radius 1 is 0.971 bits per heavy atom. The molecule has 0 spiro atoms. The highest BCUT2D eigenvalue weighted by Crippen LogP contribution is 2.23. The number of hydrogen-bond acceptors (Lipinski definition) is 6. The Kier molecular flexibility index (Phi) is 8.64. The van der Waals surface area contributed by atoms with Crippen LogP contribution in [0.4, 0.5) is 0 Å². The summed E-state index contributed by atoms with van der Waals surface area (Å²) in [5, 5.41) is 22.2. The van der Waals surface area contributed by atoms with Crippen molar-refractivity contribution >= 4 is 11.7 Å². The van der Waals surface area contributed by atoms with Gasteiger partial charge in [0.05, 0.1) is 18.4 Å². The quantitative estimate of drug-likeness (QED) is 0.317. The Morgan fingerprint density at radius 2 is 1.59 bits per heavy atom. The SMILES string of the molecule is CON=C(COc1ccc(COc2ccc(C(C#N)CC(=O)O)cc2)cc1)c1ccc(C)cc1. The molecule has 7 heteroatoms. The van der Waals surface area contributed by atoms with E-state index >= 15 is 0 Å². The maximum Gasteiger partial charge on any atom is 0.305 e. The molecule has 0 aromatic heterocycles. The third-order valence-corrected chi connectivity index (χ3v) is 5.11. The number of carboxylic acids is 1. The number of nitriles is 1. The van der Waals surface area contributed by atoms with E-state index < -0.39 is 11.9 Å². The summed E-state index contributed by atoms with van der Waals surface area (Å²) in [6.07, 6.45) is -0.227. The van der Waals surface area contributed by atoms with Gasteiger partial charge in [0, 0.05) is 5.56 Å². The van der Waals surface area contributed by atoms with E-state index in [0.29, 0.717) is 29.4 Å². The molecule has 1 unspecified atom stereocenters. The van der Waals surface area contributed by atoms with Crippen LogP contribution in [0.25, 0.3) is 0 Å². The molecule has 0 heterocycles. The number of rotatable bonds is 11. The number of benzene rings is 3. The van der Waals surface area contributed by atoms with Crippen LogP contribution in [0.3, 0.4) is 0 Å². The monoisotopic (exact) mass is 458 g/mol. The fourth-order valence-corrected chi connectivity index (χ4v) is 3.23. The second-order valence-corrected chi connectivity index (χ2v) is 7.66. The zero-order valence-electron chi connectivity index (χ0n) is 19.1. The maximum absolute atomic E-state index is 10.9. The van der Waals surface area contributed by atoms with Crippen LogP contribution in [0, 0.1) is 18.3 Å². The summed E-state index contributed by atoms with van der Waals surface area (Å²) in [6, 6.07) is 24.5. The van der Waals surface area contributed by atoms with Gasteiger partial charge in [-0.1, -0.05) is 59.3 Å². The molecule has 34 heavy (non-hydrogen) atoms. The van der Waals surface area contributed by atoms with Crippen LogP contribution in [-0.2, 0) is 16.2 Å². The van der Waals surface area contributed by atoms with Crippen molar-refractivity contribution in [2.75, 3.05) is 13.7 Å². The van der Waals surface area contributed by atoms with Gasteiger partial charge in [-0.15, -0.1) is 0 Å². The summed E-state index contributed by atoms with van der Waals surface area (Å²) in [5.41, 5.74) is 4.41. The van der Waals surface area contributed by atoms with E-state index in [1.165, 1.54) is 12.7 Å². The van der Waals surface area contributed by atoms with Crippen molar-refractivity contribution in [2.24, 2.45) is 5.16 Å². The van der Waals surface area contributed by atoms with Crippen molar-refractivity contribution in [3.05, 3.63) is 95.1 Å². The second-order valence-electron chi connectivity index (χ2n) is 7.66. The summed E-state index contributed by atoms with van der Waals surface area (Å²) >= 11 is 0. The van der Waals surface area contributed by atoms with Gasteiger partial charge < -0.3 is 19.4 Å². The van der Waals surface area contributed by atoms with Gasteiger partial charge in [0.1, 0.15) is 37.5 Å². The van der Waals surface area contributed by atoms with Crippen molar-refractivity contribution in [2.45, 2.75) is 25.9 Å². The van der Waals surface area contributed by atoms with Gasteiger partial charge in [-0.3, -0.25) is 4.79 Å². The van der Waals surface area contributed by atoms with E-state index in [0.717, 1.165) is 11.1 Å². The molecule has 7 nitrogen and oxygen atoms in total. The molecule has 1 N–H and O–H groups in total. The number of carboxylic acid groups (broad SMARTS) is 1. The van der Waals surface area contributed by atoms with Crippen molar-refractivity contribution < 1.29 is 24.2 Å². The molecule has 0 saturated heterocycles. The minimum Gasteiger partial charge on any atom is -0.489 e. The van der Waals surface area contributed by atoms with E-state index in [-0.39, 0.29) is 13.0 Å². The summed E-state index contributed by atoms with van der Waals surface area (Å²) in [6.45, 7) is 2.65. The van der Waals surface area contributed by atoms with Crippen molar-refractivity contribution in [1.29, 1.82) is 5.26 Å². The Labute approximate surface area is 198 Å². The third kappa shape index (κ3) is 7.10. The van der Waals surface area contributed by atoms with Gasteiger partial charge in [0.15, 0.2) is 0 Å². The maximum atomic E-state index is 10.9. The molecule has 0 saturated carbocycles. The van der Waals surface area contributed by atoms with Crippen LogP contribution in [0.15, 0.2) is 78.0 Å². The van der Waals surface area contributed by atoms with Crippen LogP contribution in [0.2, 0.25) is 0 Å². The molecule has 0 radical (unpaired) electrons. The molecule has 0 aliphatic rings. The molecule has 0 bridgehead atoms. The van der Waals surface area contributed by atoms with E-state index in [1.807, 2.05) is 61.5 Å². The number of ether oxygens (including phenoxy) is 2. The second kappa shape index (κ2) is 12.1. The van der Waals surface area contributed by atoms with E-state index in [2.05, 4.69) is 5.16 Å². The molecule has 3 aromatic rings. The van der Waals surface area contributed by atoms with Crippen LogP contribution < -0.4 is 9.47 Å². The molecule has 0 aliphatic carbocycles. The molecule has 3 aromatic carbocycles. The molecule has 0 amide bonds. The van der Waals surface area contributed by atoms with E-state index in [4.69, 9.17) is 24.7 Å². The minimum absolute atomic E-state index is 0.227. The number of nitrogens with zero attached hydrogens (tertiary/aromatic N) is 2. The number of carbonyl (C=O) groups is 1. The van der Waals surface area contributed by atoms with Crippen LogP contribution >= 0.6 is 0 Å². The first kappa shape index (κ1) is 24.3. The van der Waals surface area contributed by atoms with Crippen molar-refractivity contribution in [3.63, 3.8) is 0 Å². The highest BCUT2D eigenvalue weighted by Gasteiger charge is 2.14. The molecule has 174 valence electrons. The number of hydrogen-bond donors (Lipinski definition) is 1. The Hall–Kier alpha value is -4.31. The molecular weight excluding hydrogens is 432 g/mol. The highest BCUT2D eigenvalue weighted by molar-refractivity contribution is 6.01. The van der Waals surface area contributed by atoms with Gasteiger partial charge >= 0.3 is 5.97 Å². The lowest BCUT2D eigenvalue weighted by atomic mass is 9.97. The van der Waals surface area contributed by atoms with Crippen molar-refractivity contribution in [1.82, 2.24) is 0 Å². The zero-order chi connectivity index (χ0) is 24.3. The third-order valence-electron chi connectivity index (χ3n) is 5.11. The lowest BCUT2D eigenvalue weighted by Gasteiger charge is -2.11. The largest absolute Gasteiger partial charge is 0.489 e. The number of aliphatic carboxylic acids is 1. The van der Waals surface area contributed by atoms with E-state index in [9.17, 15) is 4.79 Å². The smallest absolute Gasteiger partial charge is 0.305 e. The standard InChI is InChI=1S/C27H26N2O5/c1-19-3-7-22(8-4-19)26(29-32-2)18-34-24-11-5-20(6-12-24)17-33-25-13-9-21(10-14-25)23(16-28)15-27(30)31/h3-14,23H,15,17-18H2,1-2H3,(H,30,31). The summed E-state index contributed by atoms with van der Waals surface area (Å²) in [5.74, 6) is -0.351. The zero-order valence-corrected chi connectivity index (χ0v) is 19.1. The predicted molar refractivity (Wildman–Crippen MR) is 128 cm³/mol. The lowest BCUT2D eigenvalue weighted by Crippen LogP contribution is -2.13. The predicted octanol–water partition coefficient (Wildman–Crippen LogP) is 5.09. The fourth-order valence-electron chi connectivity index (χ4n) is 3.23. The van der Waals surface area contributed by atoms with Crippen LogP contribution in [-0.4, -0.2) is 30.5 Å². The normalized spacial score (nSPS) is 11.9. The van der Waals surface area contributed by atoms with Gasteiger partial charge in [0.25, 0.3) is 0 Å². The molecule has 3 rings (SSSR count). The number of oxime groups is 1. The van der Waals surface area contributed by atoms with Gasteiger partial charge in [0.2, 0.25) is 0 Å². The average Bonchev–Trinajstić information content (AvgIpc) is 2.85. The highest BCUT2D eigenvalue weighted by atomic mass is 16.6. The summed E-state index contributed by atoms with van der Waals surface area (Å²) in [7, 11) is 1.51. The average molecular weight is 459 g/mol. The fraction of sp³-hybridized carbons (Fsp3) is 0.222. The first-order valence-electron chi connectivity index (χ1n) is 10.7. The molecule has 0 aliphatic heterocycles. The lowest BCUT2D eigenvalue weighted by molar-refractivity contribution is -0.137. The van der Waals surface area contributed by atoms with Crippen LogP contribution in [0.1, 0.15) is 34.6 Å². The minimum atomic E-state index is -1.00. The van der Waals surface area contributed by atoms with Crippen molar-refractivity contribution in [3.8, 4) is 17.6 Å². The molecule has 0 fully saturated rings. The molecule has 1 atom stereocenters. The Morgan fingerprint density at radius 3 is 2.18 bits per heavy atom. The molecular formula is C27H26N2O5.